The summed E-state index contributed by atoms with van der Waals surface area (Å²) in [4.78, 5) is 2.12. The molecule has 2 N–H and O–H groups in total. The van der Waals surface area contributed by atoms with Crippen LogP contribution in [0.5, 0.6) is 5.75 Å². The molecule has 0 radical (unpaired) electrons. The molecule has 2 atom stereocenters. The van der Waals surface area contributed by atoms with Gasteiger partial charge in [-0.3, -0.25) is 0 Å². The lowest BCUT2D eigenvalue weighted by atomic mass is 10.00. The molecule has 1 rings (SSSR count). The van der Waals surface area contributed by atoms with E-state index in [2.05, 4.69) is 24.1 Å². The maximum atomic E-state index is 13.3. The Labute approximate surface area is 115 Å². The lowest BCUT2D eigenvalue weighted by Gasteiger charge is -2.29. The number of hydrogen-bond donors (Lipinski definition) is 2. The summed E-state index contributed by atoms with van der Waals surface area (Å²) in [6, 6.07) is 4.25. The van der Waals surface area contributed by atoms with Crippen LogP contribution in [0.15, 0.2) is 18.2 Å². The summed E-state index contributed by atoms with van der Waals surface area (Å²) in [6.07, 6.45) is 0. The first-order chi connectivity index (χ1) is 8.81. The van der Waals surface area contributed by atoms with Crippen molar-refractivity contribution in [2.75, 3.05) is 20.6 Å². The lowest BCUT2D eigenvalue weighted by molar-refractivity contribution is 0.272. The Kier molecular flexibility index (Phi) is 5.76. The largest absolute Gasteiger partial charge is 0.508 e. The average Bonchev–Trinajstić information content (AvgIpc) is 2.30. The van der Waals surface area contributed by atoms with Crippen LogP contribution in [0.1, 0.15) is 32.4 Å². The van der Waals surface area contributed by atoms with Crippen molar-refractivity contribution in [3.8, 4) is 5.75 Å². The van der Waals surface area contributed by atoms with E-state index in [1.54, 1.807) is 0 Å². The molecule has 0 saturated heterocycles. The van der Waals surface area contributed by atoms with Gasteiger partial charge in [-0.05, 0) is 45.1 Å². The average molecular weight is 268 g/mol. The molecule has 108 valence electrons. The van der Waals surface area contributed by atoms with Crippen LogP contribution in [0.4, 0.5) is 4.39 Å². The zero-order chi connectivity index (χ0) is 14.6. The second-order valence-electron chi connectivity index (χ2n) is 5.70. The standard InChI is InChI=1S/C15H25FN2O/c1-10(2)14(9-18(4)5)17-11(3)13-8-12(16)6-7-15(13)19/h6-8,10-11,14,17,19H,9H2,1-5H3. The first-order valence-electron chi connectivity index (χ1n) is 6.70. The minimum atomic E-state index is -0.324. The number of phenolic OH excluding ortho intramolecular Hbond substituents is 1. The molecule has 0 bridgehead atoms. The summed E-state index contributed by atoms with van der Waals surface area (Å²) in [5.74, 6) is 0.268. The molecule has 0 aromatic heterocycles. The predicted octanol–water partition coefficient (Wildman–Crippen LogP) is 2.77. The van der Waals surface area contributed by atoms with Crippen molar-refractivity contribution in [3.63, 3.8) is 0 Å². The number of hydrogen-bond acceptors (Lipinski definition) is 3. The molecule has 1 aromatic rings. The van der Waals surface area contributed by atoms with Crippen LogP contribution in [-0.2, 0) is 0 Å². The Morgan fingerprint density at radius 2 is 1.89 bits per heavy atom. The van der Waals surface area contributed by atoms with Crippen LogP contribution in [0, 0.1) is 11.7 Å². The smallest absolute Gasteiger partial charge is 0.123 e. The second-order valence-corrected chi connectivity index (χ2v) is 5.70. The summed E-state index contributed by atoms with van der Waals surface area (Å²) in [6.45, 7) is 7.15. The minimum Gasteiger partial charge on any atom is -0.508 e. The van der Waals surface area contributed by atoms with E-state index in [0.717, 1.165) is 6.54 Å². The Morgan fingerprint density at radius 3 is 2.42 bits per heavy atom. The normalized spacial score (nSPS) is 14.9. The van der Waals surface area contributed by atoms with Gasteiger partial charge in [0.2, 0.25) is 0 Å². The maximum Gasteiger partial charge on any atom is 0.123 e. The Balaban J connectivity index is 2.81. The summed E-state index contributed by atoms with van der Waals surface area (Å²) >= 11 is 0. The van der Waals surface area contributed by atoms with E-state index in [4.69, 9.17) is 0 Å². The van der Waals surface area contributed by atoms with E-state index >= 15 is 0 Å². The third-order valence-corrected chi connectivity index (χ3v) is 3.29. The Bertz CT molecular complexity index is 407. The number of halogens is 1. The summed E-state index contributed by atoms with van der Waals surface area (Å²) in [5, 5.41) is 13.3. The molecular weight excluding hydrogens is 243 g/mol. The van der Waals surface area contributed by atoms with E-state index in [1.165, 1.54) is 18.2 Å². The van der Waals surface area contributed by atoms with Crippen molar-refractivity contribution in [3.05, 3.63) is 29.6 Å². The van der Waals surface area contributed by atoms with Crippen molar-refractivity contribution in [2.45, 2.75) is 32.9 Å². The third kappa shape index (κ3) is 4.80. The van der Waals surface area contributed by atoms with Gasteiger partial charge in [-0.15, -0.1) is 0 Å². The molecule has 2 unspecified atom stereocenters. The van der Waals surface area contributed by atoms with E-state index in [0.29, 0.717) is 11.5 Å². The van der Waals surface area contributed by atoms with Crippen LogP contribution in [-0.4, -0.2) is 36.7 Å². The van der Waals surface area contributed by atoms with Crippen LogP contribution >= 0.6 is 0 Å². The minimum absolute atomic E-state index is 0.0944. The molecule has 4 heteroatoms. The molecule has 0 heterocycles. The van der Waals surface area contributed by atoms with Crippen molar-refractivity contribution < 1.29 is 9.50 Å². The zero-order valence-electron chi connectivity index (χ0n) is 12.4. The number of rotatable bonds is 6. The Morgan fingerprint density at radius 1 is 1.26 bits per heavy atom. The lowest BCUT2D eigenvalue weighted by Crippen LogP contribution is -2.43. The van der Waals surface area contributed by atoms with Gasteiger partial charge in [0.15, 0.2) is 0 Å². The molecule has 19 heavy (non-hydrogen) atoms. The van der Waals surface area contributed by atoms with Gasteiger partial charge in [-0.25, -0.2) is 4.39 Å². The molecule has 0 spiro atoms. The highest BCUT2D eigenvalue weighted by Crippen LogP contribution is 2.25. The topological polar surface area (TPSA) is 35.5 Å². The number of nitrogens with one attached hydrogen (secondary N) is 1. The first kappa shape index (κ1) is 15.9. The summed E-state index contributed by atoms with van der Waals surface area (Å²) in [5.41, 5.74) is 0.601. The quantitative estimate of drug-likeness (QED) is 0.833. The van der Waals surface area contributed by atoms with Gasteiger partial charge in [0.05, 0.1) is 0 Å². The molecule has 0 aliphatic carbocycles. The number of nitrogens with zero attached hydrogens (tertiary/aromatic N) is 1. The number of aromatic hydroxyl groups is 1. The molecule has 0 aliphatic rings. The highest BCUT2D eigenvalue weighted by Gasteiger charge is 2.19. The fraction of sp³-hybridized carbons (Fsp3) is 0.600. The van der Waals surface area contributed by atoms with E-state index in [1.807, 2.05) is 21.0 Å². The van der Waals surface area contributed by atoms with E-state index < -0.39 is 0 Å². The molecule has 0 fully saturated rings. The van der Waals surface area contributed by atoms with Crippen LogP contribution < -0.4 is 5.32 Å². The predicted molar refractivity (Wildman–Crippen MR) is 76.8 cm³/mol. The fourth-order valence-corrected chi connectivity index (χ4v) is 2.13. The number of phenols is 1. The van der Waals surface area contributed by atoms with Crippen molar-refractivity contribution >= 4 is 0 Å². The summed E-state index contributed by atoms with van der Waals surface area (Å²) in [7, 11) is 4.06. The van der Waals surface area contributed by atoms with Crippen LogP contribution in [0.2, 0.25) is 0 Å². The van der Waals surface area contributed by atoms with Gasteiger partial charge in [0.25, 0.3) is 0 Å². The molecule has 0 saturated carbocycles. The van der Waals surface area contributed by atoms with Crippen LogP contribution in [0.3, 0.4) is 0 Å². The Hall–Kier alpha value is -1.13. The molecule has 0 aliphatic heterocycles. The third-order valence-electron chi connectivity index (χ3n) is 3.29. The highest BCUT2D eigenvalue weighted by atomic mass is 19.1. The molecule has 1 aromatic carbocycles. The van der Waals surface area contributed by atoms with Crippen molar-refractivity contribution in [2.24, 2.45) is 5.92 Å². The van der Waals surface area contributed by atoms with Crippen LogP contribution in [0.25, 0.3) is 0 Å². The molecule has 3 nitrogen and oxygen atoms in total. The molecular formula is C15H25FN2O. The van der Waals surface area contributed by atoms with Gasteiger partial charge in [-0.1, -0.05) is 13.8 Å². The fourth-order valence-electron chi connectivity index (χ4n) is 2.13. The van der Waals surface area contributed by atoms with E-state index in [-0.39, 0.29) is 23.7 Å². The number of benzene rings is 1. The monoisotopic (exact) mass is 268 g/mol. The summed E-state index contributed by atoms with van der Waals surface area (Å²) < 4.78 is 13.3. The SMILES string of the molecule is CC(NC(CN(C)C)C(C)C)c1cc(F)ccc1O. The molecule has 0 amide bonds. The zero-order valence-corrected chi connectivity index (χ0v) is 12.4. The number of likely N-dealkylation sites (N-methyl/N-ethyl adjacent to an activating group) is 1. The second kappa shape index (κ2) is 6.87. The van der Waals surface area contributed by atoms with Gasteiger partial charge >= 0.3 is 0 Å². The maximum absolute atomic E-state index is 13.3. The van der Waals surface area contributed by atoms with E-state index in [9.17, 15) is 9.50 Å². The highest BCUT2D eigenvalue weighted by molar-refractivity contribution is 5.34. The van der Waals surface area contributed by atoms with Crippen molar-refractivity contribution in [1.29, 1.82) is 0 Å². The van der Waals surface area contributed by atoms with Gasteiger partial charge < -0.3 is 15.3 Å². The van der Waals surface area contributed by atoms with Gasteiger partial charge in [0.1, 0.15) is 11.6 Å². The van der Waals surface area contributed by atoms with Gasteiger partial charge in [-0.2, -0.15) is 0 Å². The van der Waals surface area contributed by atoms with Gasteiger partial charge in [0, 0.05) is 24.2 Å². The first-order valence-corrected chi connectivity index (χ1v) is 6.70. The van der Waals surface area contributed by atoms with Crippen molar-refractivity contribution in [1.82, 2.24) is 10.2 Å².